The van der Waals surface area contributed by atoms with Crippen molar-refractivity contribution in [2.24, 2.45) is 0 Å². The van der Waals surface area contributed by atoms with Crippen molar-refractivity contribution < 1.29 is 14.3 Å². The predicted molar refractivity (Wildman–Crippen MR) is 130 cm³/mol. The highest BCUT2D eigenvalue weighted by Gasteiger charge is 2.23. The van der Waals surface area contributed by atoms with Gasteiger partial charge >= 0.3 is 0 Å². The van der Waals surface area contributed by atoms with E-state index in [-0.39, 0.29) is 17.0 Å². The maximum atomic E-state index is 13.2. The second-order valence-electron chi connectivity index (χ2n) is 6.90. The van der Waals surface area contributed by atoms with E-state index < -0.39 is 0 Å². The molecule has 0 aliphatic rings. The minimum Gasteiger partial charge on any atom is -0.497 e. The Hall–Kier alpha value is -3.70. The third kappa shape index (κ3) is 4.48. The Labute approximate surface area is 192 Å². The SMILES string of the molecule is CCN(CC)c1ccc(C(=O)c2sc(Nc3ccc(OC)cc3OC)c(C#N)c2N)cc1. The first-order valence-corrected chi connectivity index (χ1v) is 11.0. The van der Waals surface area contributed by atoms with Crippen LogP contribution in [0.1, 0.15) is 34.6 Å². The molecule has 7 nitrogen and oxygen atoms in total. The van der Waals surface area contributed by atoms with Crippen molar-refractivity contribution in [3.05, 3.63) is 58.5 Å². The van der Waals surface area contributed by atoms with E-state index in [0.29, 0.717) is 32.6 Å². The summed E-state index contributed by atoms with van der Waals surface area (Å²) in [5.41, 5.74) is 8.82. The molecular weight excluding hydrogens is 424 g/mol. The fourth-order valence-electron chi connectivity index (χ4n) is 3.38. The second-order valence-corrected chi connectivity index (χ2v) is 7.92. The lowest BCUT2D eigenvalue weighted by molar-refractivity contribution is 0.104. The molecule has 0 fully saturated rings. The van der Waals surface area contributed by atoms with Crippen LogP contribution in [-0.2, 0) is 0 Å². The number of benzene rings is 2. The van der Waals surface area contributed by atoms with E-state index in [2.05, 4.69) is 30.1 Å². The van der Waals surface area contributed by atoms with Crippen molar-refractivity contribution in [3.63, 3.8) is 0 Å². The lowest BCUT2D eigenvalue weighted by Crippen LogP contribution is -2.21. The zero-order valence-corrected chi connectivity index (χ0v) is 19.4. The van der Waals surface area contributed by atoms with E-state index in [1.54, 1.807) is 44.6 Å². The van der Waals surface area contributed by atoms with Gasteiger partial charge < -0.3 is 25.4 Å². The van der Waals surface area contributed by atoms with Crippen molar-refractivity contribution in [2.45, 2.75) is 13.8 Å². The van der Waals surface area contributed by atoms with Gasteiger partial charge in [-0.3, -0.25) is 4.79 Å². The van der Waals surface area contributed by atoms with Crippen LogP contribution in [0.2, 0.25) is 0 Å². The summed E-state index contributed by atoms with van der Waals surface area (Å²) < 4.78 is 10.6. The standard InChI is InChI=1S/C24H26N4O3S/c1-5-28(6-2)16-9-7-15(8-10-16)22(29)23-21(26)18(14-25)24(32-23)27-19-12-11-17(30-3)13-20(19)31-4/h7-13,27H,5-6,26H2,1-4H3. The molecule has 0 atom stereocenters. The summed E-state index contributed by atoms with van der Waals surface area (Å²) in [4.78, 5) is 15.7. The van der Waals surface area contributed by atoms with Gasteiger partial charge in [-0.25, -0.2) is 0 Å². The molecule has 32 heavy (non-hydrogen) atoms. The van der Waals surface area contributed by atoms with Crippen LogP contribution >= 0.6 is 11.3 Å². The van der Waals surface area contributed by atoms with Gasteiger partial charge in [-0.15, -0.1) is 11.3 Å². The van der Waals surface area contributed by atoms with Gasteiger partial charge in [0.05, 0.1) is 25.6 Å². The number of nitrogens with one attached hydrogen (secondary N) is 1. The first-order valence-electron chi connectivity index (χ1n) is 10.2. The van der Waals surface area contributed by atoms with E-state index in [1.807, 2.05) is 12.1 Å². The number of hydrogen-bond acceptors (Lipinski definition) is 8. The molecule has 166 valence electrons. The van der Waals surface area contributed by atoms with Gasteiger partial charge in [0, 0.05) is 30.4 Å². The highest BCUT2D eigenvalue weighted by molar-refractivity contribution is 7.19. The number of nitrogens with two attached hydrogens (primary N) is 1. The third-order valence-corrected chi connectivity index (χ3v) is 6.30. The molecule has 1 aromatic heterocycles. The molecule has 0 unspecified atom stereocenters. The first-order chi connectivity index (χ1) is 15.5. The monoisotopic (exact) mass is 450 g/mol. The number of methoxy groups -OCH3 is 2. The number of rotatable bonds is 9. The van der Waals surface area contributed by atoms with Crippen molar-refractivity contribution in [3.8, 4) is 17.6 Å². The highest BCUT2D eigenvalue weighted by Crippen LogP contribution is 2.40. The molecule has 0 amide bonds. The molecule has 0 bridgehead atoms. The summed E-state index contributed by atoms with van der Waals surface area (Å²) in [6.45, 7) is 5.95. The molecule has 8 heteroatoms. The van der Waals surface area contributed by atoms with Gasteiger partial charge in [-0.05, 0) is 50.2 Å². The number of nitriles is 1. The molecule has 0 aliphatic carbocycles. The first kappa shape index (κ1) is 23.0. The number of nitrogen functional groups attached to an aromatic ring is 1. The number of anilines is 4. The molecule has 3 rings (SSSR count). The van der Waals surface area contributed by atoms with Crippen LogP contribution in [0.3, 0.4) is 0 Å². The van der Waals surface area contributed by atoms with E-state index >= 15 is 0 Å². The summed E-state index contributed by atoms with van der Waals surface area (Å²) in [5, 5.41) is 13.3. The molecule has 0 saturated carbocycles. The molecule has 3 N–H and O–H groups in total. The fraction of sp³-hybridized carbons (Fsp3) is 0.250. The molecule has 3 aromatic rings. The van der Waals surface area contributed by atoms with Gasteiger partial charge in [0.2, 0.25) is 5.78 Å². The minimum atomic E-state index is -0.218. The van der Waals surface area contributed by atoms with Gasteiger partial charge in [0.25, 0.3) is 0 Å². The topological polar surface area (TPSA) is 101 Å². The number of nitrogens with zero attached hydrogens (tertiary/aromatic N) is 2. The Bertz CT molecular complexity index is 1150. The zero-order chi connectivity index (χ0) is 23.3. The van der Waals surface area contributed by atoms with Crippen LogP contribution < -0.4 is 25.4 Å². The Morgan fingerprint density at radius 1 is 1.12 bits per heavy atom. The minimum absolute atomic E-state index is 0.172. The van der Waals surface area contributed by atoms with Gasteiger partial charge in [-0.1, -0.05) is 0 Å². The van der Waals surface area contributed by atoms with Crippen LogP contribution in [0.4, 0.5) is 22.1 Å². The number of ketones is 1. The van der Waals surface area contributed by atoms with E-state index in [9.17, 15) is 10.1 Å². The van der Waals surface area contributed by atoms with Crippen LogP contribution in [0.25, 0.3) is 0 Å². The van der Waals surface area contributed by atoms with Crippen molar-refractivity contribution >= 4 is 39.2 Å². The second kappa shape index (κ2) is 10.1. The maximum absolute atomic E-state index is 13.2. The molecule has 0 spiro atoms. The maximum Gasteiger partial charge on any atom is 0.205 e. The predicted octanol–water partition coefficient (Wildman–Crippen LogP) is 5.04. The molecule has 0 saturated heterocycles. The average Bonchev–Trinajstić information content (AvgIpc) is 3.14. The summed E-state index contributed by atoms with van der Waals surface area (Å²) in [7, 11) is 3.12. The van der Waals surface area contributed by atoms with Crippen molar-refractivity contribution in [1.82, 2.24) is 0 Å². The number of hydrogen-bond donors (Lipinski definition) is 2. The van der Waals surface area contributed by atoms with Crippen LogP contribution in [0, 0.1) is 11.3 Å². The third-order valence-electron chi connectivity index (χ3n) is 5.18. The summed E-state index contributed by atoms with van der Waals surface area (Å²) >= 11 is 1.15. The van der Waals surface area contributed by atoms with Gasteiger partial charge in [0.1, 0.15) is 33.0 Å². The van der Waals surface area contributed by atoms with Crippen molar-refractivity contribution in [1.29, 1.82) is 5.26 Å². The van der Waals surface area contributed by atoms with Crippen LogP contribution in [-0.4, -0.2) is 33.1 Å². The largest absolute Gasteiger partial charge is 0.497 e. The van der Waals surface area contributed by atoms with E-state index in [4.69, 9.17) is 15.2 Å². The molecule has 2 aromatic carbocycles. The van der Waals surface area contributed by atoms with Gasteiger partial charge in [-0.2, -0.15) is 5.26 Å². The number of carbonyl (C=O) groups excluding carboxylic acids is 1. The fourth-order valence-corrected chi connectivity index (χ4v) is 4.42. The number of carbonyl (C=O) groups is 1. The smallest absolute Gasteiger partial charge is 0.205 e. The van der Waals surface area contributed by atoms with E-state index in [1.165, 1.54) is 0 Å². The summed E-state index contributed by atoms with van der Waals surface area (Å²) in [5.74, 6) is 0.965. The molecule has 1 heterocycles. The number of ether oxygens (including phenoxy) is 2. The average molecular weight is 451 g/mol. The summed E-state index contributed by atoms with van der Waals surface area (Å²) in [6, 6.07) is 14.8. The lowest BCUT2D eigenvalue weighted by atomic mass is 10.1. The zero-order valence-electron chi connectivity index (χ0n) is 18.6. The Balaban J connectivity index is 1.93. The molecule has 0 radical (unpaired) electrons. The Morgan fingerprint density at radius 3 is 2.38 bits per heavy atom. The normalized spacial score (nSPS) is 10.3. The lowest BCUT2D eigenvalue weighted by Gasteiger charge is -2.20. The highest BCUT2D eigenvalue weighted by atomic mass is 32.1. The Kier molecular flexibility index (Phi) is 7.23. The van der Waals surface area contributed by atoms with E-state index in [0.717, 1.165) is 30.1 Å². The van der Waals surface area contributed by atoms with Gasteiger partial charge in [0.15, 0.2) is 0 Å². The molecule has 0 aliphatic heterocycles. The van der Waals surface area contributed by atoms with Crippen LogP contribution in [0.5, 0.6) is 11.5 Å². The quantitative estimate of drug-likeness (QED) is 0.440. The Morgan fingerprint density at radius 2 is 1.81 bits per heavy atom. The summed E-state index contributed by atoms with van der Waals surface area (Å²) in [6.07, 6.45) is 0. The number of thiophene rings is 1. The van der Waals surface area contributed by atoms with Crippen molar-refractivity contribution in [2.75, 3.05) is 43.3 Å². The molecular formula is C24H26N4O3S. The van der Waals surface area contributed by atoms with Crippen LogP contribution in [0.15, 0.2) is 42.5 Å².